The van der Waals surface area contributed by atoms with E-state index in [0.29, 0.717) is 5.56 Å². The smallest absolute Gasteiger partial charge is 0.251 e. The second-order valence-electron chi connectivity index (χ2n) is 5.23. The van der Waals surface area contributed by atoms with Crippen LogP contribution in [0.15, 0.2) is 24.5 Å². The molecule has 0 atom stereocenters. The predicted octanol–water partition coefficient (Wildman–Crippen LogP) is 1.60. The molecule has 3 rings (SSSR count). The second kappa shape index (κ2) is 4.66. The van der Waals surface area contributed by atoms with Crippen LogP contribution in [0, 0.1) is 0 Å². The van der Waals surface area contributed by atoms with Gasteiger partial charge in [-0.15, -0.1) is 0 Å². The number of aromatic amines is 1. The summed E-state index contributed by atoms with van der Waals surface area (Å²) in [5, 5.41) is 12.5. The average Bonchev–Trinajstić information content (AvgIpc) is 3.06. The van der Waals surface area contributed by atoms with E-state index in [1.165, 1.54) is 0 Å². The quantitative estimate of drug-likeness (QED) is 0.783. The van der Waals surface area contributed by atoms with Crippen LogP contribution in [-0.2, 0) is 0 Å². The summed E-state index contributed by atoms with van der Waals surface area (Å²) in [6.45, 7) is 0.00500. The third-order valence-corrected chi connectivity index (χ3v) is 3.92. The molecular formula is C14H17N3O2. The number of aliphatic hydroxyl groups is 1. The van der Waals surface area contributed by atoms with Crippen molar-refractivity contribution in [2.75, 3.05) is 6.61 Å². The number of imidazole rings is 1. The Morgan fingerprint density at radius 2 is 2.21 bits per heavy atom. The number of fused-ring (bicyclic) bond motifs is 1. The molecule has 0 unspecified atom stereocenters. The number of hydrogen-bond donors (Lipinski definition) is 3. The number of hydrogen-bond acceptors (Lipinski definition) is 3. The number of rotatable bonds is 3. The van der Waals surface area contributed by atoms with E-state index in [-0.39, 0.29) is 12.5 Å². The Labute approximate surface area is 111 Å². The Bertz CT molecular complexity index is 600. The van der Waals surface area contributed by atoms with Crippen molar-refractivity contribution in [2.24, 2.45) is 0 Å². The van der Waals surface area contributed by atoms with Crippen LogP contribution in [0.1, 0.15) is 36.0 Å². The molecule has 5 heteroatoms. The summed E-state index contributed by atoms with van der Waals surface area (Å²) >= 11 is 0. The van der Waals surface area contributed by atoms with Crippen molar-refractivity contribution in [1.29, 1.82) is 0 Å². The number of nitrogens with zero attached hydrogens (tertiary/aromatic N) is 1. The Balaban J connectivity index is 1.82. The summed E-state index contributed by atoms with van der Waals surface area (Å²) in [6, 6.07) is 5.37. The van der Waals surface area contributed by atoms with Gasteiger partial charge in [0.05, 0.1) is 29.5 Å². The lowest BCUT2D eigenvalue weighted by atomic mass is 9.98. The minimum atomic E-state index is -0.431. The van der Waals surface area contributed by atoms with E-state index in [2.05, 4.69) is 15.3 Å². The number of amides is 1. The molecule has 0 saturated heterocycles. The molecule has 1 heterocycles. The van der Waals surface area contributed by atoms with Crippen molar-refractivity contribution in [3.05, 3.63) is 30.1 Å². The minimum Gasteiger partial charge on any atom is -0.394 e. The monoisotopic (exact) mass is 259 g/mol. The van der Waals surface area contributed by atoms with Crippen molar-refractivity contribution < 1.29 is 9.90 Å². The van der Waals surface area contributed by atoms with Gasteiger partial charge in [-0.2, -0.15) is 0 Å². The van der Waals surface area contributed by atoms with Crippen molar-refractivity contribution in [3.63, 3.8) is 0 Å². The maximum atomic E-state index is 12.3. The fraction of sp³-hybridized carbons (Fsp3) is 0.429. The Morgan fingerprint density at radius 1 is 1.42 bits per heavy atom. The molecule has 0 radical (unpaired) electrons. The molecule has 1 fully saturated rings. The zero-order valence-corrected chi connectivity index (χ0v) is 10.6. The molecule has 1 aromatic carbocycles. The predicted molar refractivity (Wildman–Crippen MR) is 71.8 cm³/mol. The Kier molecular flexibility index (Phi) is 2.98. The van der Waals surface area contributed by atoms with Gasteiger partial charge in [-0.25, -0.2) is 4.98 Å². The molecule has 1 aliphatic carbocycles. The van der Waals surface area contributed by atoms with Gasteiger partial charge in [0.25, 0.3) is 5.91 Å². The van der Waals surface area contributed by atoms with Crippen LogP contribution in [0.3, 0.4) is 0 Å². The highest BCUT2D eigenvalue weighted by atomic mass is 16.3. The molecule has 0 spiro atoms. The van der Waals surface area contributed by atoms with Gasteiger partial charge >= 0.3 is 0 Å². The van der Waals surface area contributed by atoms with Gasteiger partial charge in [0.15, 0.2) is 0 Å². The molecule has 1 amide bonds. The lowest BCUT2D eigenvalue weighted by molar-refractivity contribution is 0.0838. The van der Waals surface area contributed by atoms with Crippen LogP contribution in [-0.4, -0.2) is 33.1 Å². The van der Waals surface area contributed by atoms with E-state index in [1.807, 2.05) is 6.07 Å². The average molecular weight is 259 g/mol. The first-order valence-electron chi connectivity index (χ1n) is 6.59. The number of H-pyrrole nitrogens is 1. The molecule has 1 aliphatic rings. The van der Waals surface area contributed by atoms with E-state index >= 15 is 0 Å². The number of carbonyl (C=O) groups excluding carboxylic acids is 1. The van der Waals surface area contributed by atoms with Crippen LogP contribution >= 0.6 is 0 Å². The topological polar surface area (TPSA) is 78.0 Å². The molecule has 19 heavy (non-hydrogen) atoms. The summed E-state index contributed by atoms with van der Waals surface area (Å²) in [5.74, 6) is -0.132. The lowest BCUT2D eigenvalue weighted by Crippen LogP contribution is -2.49. The number of nitrogens with one attached hydrogen (secondary N) is 2. The minimum absolute atomic E-state index is 0.00500. The fourth-order valence-corrected chi connectivity index (χ4v) is 2.76. The van der Waals surface area contributed by atoms with Crippen LogP contribution < -0.4 is 5.32 Å². The summed E-state index contributed by atoms with van der Waals surface area (Å²) in [5.41, 5.74) is 1.85. The van der Waals surface area contributed by atoms with Crippen LogP contribution in [0.4, 0.5) is 0 Å². The van der Waals surface area contributed by atoms with Crippen LogP contribution in [0.5, 0.6) is 0 Å². The van der Waals surface area contributed by atoms with Crippen molar-refractivity contribution in [3.8, 4) is 0 Å². The van der Waals surface area contributed by atoms with Crippen molar-refractivity contribution in [2.45, 2.75) is 31.2 Å². The summed E-state index contributed by atoms with van der Waals surface area (Å²) in [7, 11) is 0. The van der Waals surface area contributed by atoms with Gasteiger partial charge in [-0.05, 0) is 31.0 Å². The number of carbonyl (C=O) groups is 1. The van der Waals surface area contributed by atoms with Gasteiger partial charge in [-0.1, -0.05) is 12.8 Å². The molecule has 0 aliphatic heterocycles. The first kappa shape index (κ1) is 12.2. The van der Waals surface area contributed by atoms with Gasteiger partial charge in [0.2, 0.25) is 0 Å². The molecular weight excluding hydrogens is 242 g/mol. The van der Waals surface area contributed by atoms with E-state index in [1.54, 1.807) is 18.5 Å². The normalized spacial score (nSPS) is 17.7. The van der Waals surface area contributed by atoms with Gasteiger partial charge in [0, 0.05) is 5.56 Å². The maximum Gasteiger partial charge on any atom is 0.251 e. The van der Waals surface area contributed by atoms with Crippen molar-refractivity contribution >= 4 is 16.9 Å². The maximum absolute atomic E-state index is 12.3. The Hall–Kier alpha value is -1.88. The first-order valence-corrected chi connectivity index (χ1v) is 6.59. The summed E-state index contributed by atoms with van der Waals surface area (Å²) in [4.78, 5) is 19.4. The third-order valence-electron chi connectivity index (χ3n) is 3.92. The first-order chi connectivity index (χ1) is 9.22. The summed E-state index contributed by atoms with van der Waals surface area (Å²) < 4.78 is 0. The molecule has 2 aromatic rings. The third kappa shape index (κ3) is 2.21. The fourth-order valence-electron chi connectivity index (χ4n) is 2.76. The second-order valence-corrected chi connectivity index (χ2v) is 5.23. The zero-order valence-electron chi connectivity index (χ0n) is 10.6. The van der Waals surface area contributed by atoms with E-state index in [9.17, 15) is 9.90 Å². The van der Waals surface area contributed by atoms with Crippen molar-refractivity contribution in [1.82, 2.24) is 15.3 Å². The molecule has 3 N–H and O–H groups in total. The van der Waals surface area contributed by atoms with Gasteiger partial charge in [-0.3, -0.25) is 4.79 Å². The van der Waals surface area contributed by atoms with E-state index in [0.717, 1.165) is 36.7 Å². The Morgan fingerprint density at radius 3 is 2.95 bits per heavy atom. The van der Waals surface area contributed by atoms with Gasteiger partial charge < -0.3 is 15.4 Å². The van der Waals surface area contributed by atoms with Crippen LogP contribution in [0.2, 0.25) is 0 Å². The standard InChI is InChI=1S/C14H17N3O2/c18-8-14(5-1-2-6-14)17-13(19)10-3-4-11-12(7-10)16-9-15-11/h3-4,7,9,18H,1-2,5-6,8H2,(H,15,16)(H,17,19). The molecule has 100 valence electrons. The highest BCUT2D eigenvalue weighted by molar-refractivity contribution is 5.97. The van der Waals surface area contributed by atoms with E-state index in [4.69, 9.17) is 0 Å². The number of aliphatic hydroxyl groups excluding tert-OH is 1. The van der Waals surface area contributed by atoms with Crippen LogP contribution in [0.25, 0.3) is 11.0 Å². The highest BCUT2D eigenvalue weighted by Crippen LogP contribution is 2.29. The van der Waals surface area contributed by atoms with E-state index < -0.39 is 5.54 Å². The molecule has 1 saturated carbocycles. The number of benzene rings is 1. The lowest BCUT2D eigenvalue weighted by Gasteiger charge is -2.27. The SMILES string of the molecule is O=C(NC1(CO)CCCC1)c1ccc2nc[nH]c2c1. The summed E-state index contributed by atoms with van der Waals surface area (Å²) in [6.07, 6.45) is 5.42. The van der Waals surface area contributed by atoms with Gasteiger partial charge in [0.1, 0.15) is 0 Å². The molecule has 5 nitrogen and oxygen atoms in total. The molecule has 1 aromatic heterocycles. The largest absolute Gasteiger partial charge is 0.394 e. The highest BCUT2D eigenvalue weighted by Gasteiger charge is 2.34. The zero-order chi connectivity index (χ0) is 13.3. The molecule has 0 bridgehead atoms. The number of aromatic nitrogens is 2.